The number of hydrogen-bond donors (Lipinski definition) is 0. The van der Waals surface area contributed by atoms with Crippen molar-refractivity contribution in [3.05, 3.63) is 24.3 Å². The van der Waals surface area contributed by atoms with Crippen molar-refractivity contribution in [2.24, 2.45) is 0 Å². The van der Waals surface area contributed by atoms with Gasteiger partial charge >= 0.3 is 7.94 Å². The molecule has 7 nitrogen and oxygen atoms in total. The van der Waals surface area contributed by atoms with Gasteiger partial charge in [-0.2, -0.15) is 4.62 Å². The average molecular weight is 377 g/mol. The van der Waals surface area contributed by atoms with Crippen LogP contribution in [-0.4, -0.2) is 71.5 Å². The van der Waals surface area contributed by atoms with Crippen LogP contribution >= 0.6 is 7.94 Å². The molecule has 0 bridgehead atoms. The Balaban J connectivity index is 0.00000220. The van der Waals surface area contributed by atoms with Crippen molar-refractivity contribution in [3.63, 3.8) is 0 Å². The second-order valence-corrected chi connectivity index (χ2v) is 8.68. The molecule has 9 heteroatoms. The first-order chi connectivity index (χ1) is 9.39. The molecule has 1 aromatic carbocycles. The Morgan fingerprint density at radius 1 is 0.952 bits per heavy atom. The van der Waals surface area contributed by atoms with Crippen LogP contribution in [-0.2, 0) is 0 Å². The number of benzene rings is 1. The summed E-state index contributed by atoms with van der Waals surface area (Å²) in [6.45, 7) is 0. The topological polar surface area (TPSA) is 49.7 Å². The Hall–Kier alpha value is -0.790. The molecule has 1 aromatic heterocycles. The first-order valence-corrected chi connectivity index (χ1v) is 7.89. The number of nitrogens with zero attached hydrogens (tertiary/aromatic N) is 6. The minimum Gasteiger partial charge on any atom is -1.00 e. The Bertz CT molecular complexity index is 566. The highest BCUT2D eigenvalue weighted by Crippen LogP contribution is 2.61. The number of para-hydroxylation sites is 1. The van der Waals surface area contributed by atoms with Crippen molar-refractivity contribution in [1.82, 2.24) is 29.2 Å². The van der Waals surface area contributed by atoms with E-state index in [2.05, 4.69) is 24.3 Å². The van der Waals surface area contributed by atoms with E-state index in [1.54, 1.807) is 0 Å². The third-order valence-corrected chi connectivity index (χ3v) is 6.57. The van der Waals surface area contributed by atoms with Crippen LogP contribution < -0.4 is 21.6 Å². The summed E-state index contributed by atoms with van der Waals surface area (Å²) < 4.78 is 12.5. The molecular weight excluding hydrogens is 355 g/mol. The smallest absolute Gasteiger partial charge is 0.449 e. The van der Waals surface area contributed by atoms with Gasteiger partial charge < -0.3 is 17.0 Å². The van der Waals surface area contributed by atoms with E-state index in [1.807, 2.05) is 66.6 Å². The monoisotopic (exact) mass is 376 g/mol. The molecule has 0 aliphatic rings. The van der Waals surface area contributed by atoms with E-state index in [-0.39, 0.29) is 17.0 Å². The van der Waals surface area contributed by atoms with Gasteiger partial charge in [0.15, 0.2) is 0 Å². The maximum absolute atomic E-state index is 6.27. The van der Waals surface area contributed by atoms with Gasteiger partial charge in [-0.05, 0) is 22.2 Å². The molecule has 0 spiro atoms. The molecule has 0 saturated heterocycles. The molecule has 118 valence electrons. The molecular formula is C12H22BrN6OP. The maximum Gasteiger partial charge on any atom is 0.449 e. The lowest BCUT2D eigenvalue weighted by molar-refractivity contribution is -0.00000531. The zero-order valence-electron chi connectivity index (χ0n) is 13.2. The highest BCUT2D eigenvalue weighted by atomic mass is 79.9. The molecule has 0 saturated carbocycles. The Morgan fingerprint density at radius 2 is 1.48 bits per heavy atom. The summed E-state index contributed by atoms with van der Waals surface area (Å²) in [4.78, 5) is 1.52. The number of fused-ring (bicyclic) bond motifs is 1. The molecule has 1 heterocycles. The summed E-state index contributed by atoms with van der Waals surface area (Å²) in [5.74, 6) is 0. The molecule has 2 aromatic rings. The SMILES string of the molecule is CN(C)[P+](On1nnc2ccccc21)(N(C)C)N(C)C.[Br-]. The molecule has 0 atom stereocenters. The second-order valence-electron chi connectivity index (χ2n) is 5.09. The van der Waals surface area contributed by atoms with Crippen molar-refractivity contribution >= 4 is 19.0 Å². The lowest BCUT2D eigenvalue weighted by Crippen LogP contribution is -3.00. The van der Waals surface area contributed by atoms with Crippen LogP contribution in [0.4, 0.5) is 0 Å². The van der Waals surface area contributed by atoms with Crippen molar-refractivity contribution in [2.75, 3.05) is 42.3 Å². The van der Waals surface area contributed by atoms with Gasteiger partial charge in [-0.15, -0.1) is 19.1 Å². The van der Waals surface area contributed by atoms with Gasteiger partial charge in [-0.1, -0.05) is 12.1 Å². The standard InChI is InChI=1S/C12H22N6OP.BrH/c1-15(2)20(16(3)4,17(5)6)19-18-12-10-8-7-9-11(12)13-14-18;/h7-10H,1-6H3;1H/q+1;/p-1. The summed E-state index contributed by atoms with van der Waals surface area (Å²) in [7, 11) is 9.90. The van der Waals surface area contributed by atoms with Crippen LogP contribution in [0, 0.1) is 0 Å². The Labute approximate surface area is 136 Å². The van der Waals surface area contributed by atoms with E-state index in [1.165, 1.54) is 4.85 Å². The summed E-state index contributed by atoms with van der Waals surface area (Å²) >= 11 is 0. The largest absolute Gasteiger partial charge is 1.00 e. The highest BCUT2D eigenvalue weighted by Gasteiger charge is 2.54. The van der Waals surface area contributed by atoms with Gasteiger partial charge in [-0.3, -0.25) is 0 Å². The zero-order valence-corrected chi connectivity index (χ0v) is 15.7. The first-order valence-electron chi connectivity index (χ1n) is 6.32. The van der Waals surface area contributed by atoms with Crippen molar-refractivity contribution in [3.8, 4) is 0 Å². The van der Waals surface area contributed by atoms with Crippen LogP contribution in [0.25, 0.3) is 11.0 Å². The normalized spacial score (nSPS) is 12.2. The highest BCUT2D eigenvalue weighted by molar-refractivity contribution is 7.64. The van der Waals surface area contributed by atoms with Gasteiger partial charge in [0.1, 0.15) is 11.0 Å². The van der Waals surface area contributed by atoms with Gasteiger partial charge in [0.05, 0.1) is 0 Å². The lowest BCUT2D eigenvalue weighted by atomic mass is 10.3. The quantitative estimate of drug-likeness (QED) is 0.575. The van der Waals surface area contributed by atoms with Crippen LogP contribution in [0.15, 0.2) is 24.3 Å². The van der Waals surface area contributed by atoms with E-state index in [0.717, 1.165) is 11.0 Å². The molecule has 0 N–H and O–H groups in total. The molecule has 0 unspecified atom stereocenters. The van der Waals surface area contributed by atoms with E-state index in [0.29, 0.717) is 0 Å². The van der Waals surface area contributed by atoms with Gasteiger partial charge in [0.2, 0.25) is 0 Å². The van der Waals surface area contributed by atoms with Gasteiger partial charge in [0.25, 0.3) is 0 Å². The van der Waals surface area contributed by atoms with Gasteiger partial charge in [-0.25, -0.2) is 0 Å². The van der Waals surface area contributed by atoms with Crippen LogP contribution in [0.5, 0.6) is 0 Å². The Morgan fingerprint density at radius 3 is 2.00 bits per heavy atom. The van der Waals surface area contributed by atoms with E-state index < -0.39 is 7.94 Å². The molecule has 0 aliphatic heterocycles. The fourth-order valence-corrected chi connectivity index (χ4v) is 5.22. The molecule has 0 radical (unpaired) electrons. The van der Waals surface area contributed by atoms with Crippen LogP contribution in [0.3, 0.4) is 0 Å². The summed E-state index contributed by atoms with van der Waals surface area (Å²) in [5, 5.41) is 8.25. The summed E-state index contributed by atoms with van der Waals surface area (Å²) in [6, 6.07) is 7.76. The predicted molar refractivity (Wildman–Crippen MR) is 82.1 cm³/mol. The number of aromatic nitrogens is 3. The van der Waals surface area contributed by atoms with Crippen molar-refractivity contribution in [1.29, 1.82) is 0 Å². The number of rotatable bonds is 5. The van der Waals surface area contributed by atoms with E-state index >= 15 is 0 Å². The van der Waals surface area contributed by atoms with E-state index in [9.17, 15) is 0 Å². The summed E-state index contributed by atoms with van der Waals surface area (Å²) in [5.41, 5.74) is 1.68. The van der Waals surface area contributed by atoms with E-state index in [4.69, 9.17) is 4.62 Å². The van der Waals surface area contributed by atoms with Gasteiger partial charge in [0, 0.05) is 42.3 Å². The molecule has 0 aliphatic carbocycles. The fraction of sp³-hybridized carbons (Fsp3) is 0.500. The predicted octanol–water partition coefficient (Wildman–Crippen LogP) is -1.77. The molecule has 0 amide bonds. The first kappa shape index (κ1) is 18.3. The molecule has 0 fully saturated rings. The van der Waals surface area contributed by atoms with Crippen LogP contribution in [0.2, 0.25) is 0 Å². The van der Waals surface area contributed by atoms with Crippen LogP contribution in [0.1, 0.15) is 0 Å². The maximum atomic E-state index is 6.27. The minimum absolute atomic E-state index is 0. The molecule has 2 rings (SSSR count). The summed E-state index contributed by atoms with van der Waals surface area (Å²) in [6.07, 6.45) is 0. The van der Waals surface area contributed by atoms with Crippen molar-refractivity contribution < 1.29 is 21.6 Å². The third-order valence-electron chi connectivity index (χ3n) is 3.07. The van der Waals surface area contributed by atoms with Crippen molar-refractivity contribution in [2.45, 2.75) is 0 Å². The number of halogens is 1. The second kappa shape index (κ2) is 6.98. The fourth-order valence-electron chi connectivity index (χ4n) is 2.30. The number of hydrogen-bond acceptors (Lipinski definition) is 6. The average Bonchev–Trinajstić information content (AvgIpc) is 2.77. The lowest BCUT2D eigenvalue weighted by Gasteiger charge is -2.35. The third kappa shape index (κ3) is 3.19. The minimum atomic E-state index is -2.14. The zero-order chi connectivity index (χ0) is 14.9. The molecule has 21 heavy (non-hydrogen) atoms. The Kier molecular flexibility index (Phi) is 6.07.